The molecule has 3 heteroatoms. The van der Waals surface area contributed by atoms with Crippen molar-refractivity contribution in [2.75, 3.05) is 13.1 Å². The minimum Gasteiger partial charge on any atom is -0.372 e. The van der Waals surface area contributed by atoms with Gasteiger partial charge in [0, 0.05) is 30.9 Å². The zero-order chi connectivity index (χ0) is 11.9. The summed E-state index contributed by atoms with van der Waals surface area (Å²) in [4.78, 5) is 4.64. The fourth-order valence-corrected chi connectivity index (χ4v) is 4.00. The van der Waals surface area contributed by atoms with Gasteiger partial charge in [0.15, 0.2) is 0 Å². The summed E-state index contributed by atoms with van der Waals surface area (Å²) in [5.74, 6) is 2.71. The Morgan fingerprint density at radius 2 is 2.17 bits per heavy atom. The molecule has 1 aliphatic carbocycles. The van der Waals surface area contributed by atoms with Crippen LogP contribution in [0, 0.1) is 5.92 Å². The molecule has 0 amide bonds. The van der Waals surface area contributed by atoms with E-state index in [-0.39, 0.29) is 0 Å². The van der Waals surface area contributed by atoms with Crippen LogP contribution in [0.25, 0.3) is 0 Å². The maximum Gasteiger partial charge on any atom is 0.101 e. The average Bonchev–Trinajstić information content (AvgIpc) is 3.00. The fraction of sp³-hybridized carbons (Fsp3) is 0.667. The van der Waals surface area contributed by atoms with Crippen molar-refractivity contribution in [2.24, 2.45) is 10.9 Å². The number of aliphatic imine (C=N–C) groups is 1. The Labute approximate surface area is 108 Å². The summed E-state index contributed by atoms with van der Waals surface area (Å²) in [5, 5.41) is 3.48. The van der Waals surface area contributed by atoms with E-state index in [1.54, 1.807) is 11.3 Å². The molecule has 0 spiro atoms. The van der Waals surface area contributed by atoms with Crippen LogP contribution < -0.4 is 5.32 Å². The van der Waals surface area contributed by atoms with Crippen LogP contribution in [0.15, 0.2) is 17.3 Å². The topological polar surface area (TPSA) is 29.3 Å². The number of aromatic nitrogens is 1. The molecular formula is C15H21N3. The van der Waals surface area contributed by atoms with Gasteiger partial charge in [-0.2, -0.15) is 0 Å². The van der Waals surface area contributed by atoms with Crippen molar-refractivity contribution in [3.8, 4) is 0 Å². The molecule has 96 valence electrons. The van der Waals surface area contributed by atoms with Gasteiger partial charge in [0.2, 0.25) is 0 Å². The first-order valence-corrected chi connectivity index (χ1v) is 7.38. The van der Waals surface area contributed by atoms with E-state index in [0.717, 1.165) is 25.6 Å². The Hall–Kier alpha value is -1.25. The van der Waals surface area contributed by atoms with Crippen molar-refractivity contribution in [1.29, 1.82) is 0 Å². The molecular weight excluding hydrogens is 222 g/mol. The van der Waals surface area contributed by atoms with Crippen molar-refractivity contribution in [2.45, 2.75) is 44.6 Å². The van der Waals surface area contributed by atoms with E-state index in [4.69, 9.17) is 0 Å². The molecule has 18 heavy (non-hydrogen) atoms. The standard InChI is InChI=1S/C15H21N3/c1-2-11-4-5-13(15-16-7-8-17-15)10-18-9-6-12(3-1)14(11)18/h6,9,11,13H,1-5,7-8,10H2,(H,16,17). The highest BCUT2D eigenvalue weighted by atomic mass is 15.1. The molecule has 0 saturated heterocycles. The lowest BCUT2D eigenvalue weighted by molar-refractivity contribution is 0.490. The van der Waals surface area contributed by atoms with E-state index in [1.165, 1.54) is 37.9 Å². The predicted octanol–water partition coefficient (Wildman–Crippen LogP) is 2.32. The monoisotopic (exact) mass is 243 g/mol. The Morgan fingerprint density at radius 3 is 3.06 bits per heavy atom. The van der Waals surface area contributed by atoms with Crippen LogP contribution in [0.4, 0.5) is 0 Å². The highest BCUT2D eigenvalue weighted by Gasteiger charge is 2.30. The van der Waals surface area contributed by atoms with Gasteiger partial charge >= 0.3 is 0 Å². The van der Waals surface area contributed by atoms with Crippen molar-refractivity contribution in [3.05, 3.63) is 23.5 Å². The Bertz CT molecular complexity index is 486. The lowest BCUT2D eigenvalue weighted by atomic mass is 9.84. The number of aryl methyl sites for hydroxylation is 1. The first-order valence-electron chi connectivity index (χ1n) is 7.38. The number of nitrogens with zero attached hydrogens (tertiary/aromatic N) is 2. The number of rotatable bonds is 1. The predicted molar refractivity (Wildman–Crippen MR) is 73.1 cm³/mol. The molecule has 0 aromatic carbocycles. The van der Waals surface area contributed by atoms with Crippen molar-refractivity contribution in [3.63, 3.8) is 0 Å². The normalized spacial score (nSPS) is 30.3. The Kier molecular flexibility index (Phi) is 2.45. The first-order chi connectivity index (χ1) is 8.92. The quantitative estimate of drug-likeness (QED) is 0.806. The van der Waals surface area contributed by atoms with Gasteiger partial charge in [-0.15, -0.1) is 0 Å². The summed E-state index contributed by atoms with van der Waals surface area (Å²) >= 11 is 0. The van der Waals surface area contributed by atoms with Gasteiger partial charge in [-0.05, 0) is 49.7 Å². The van der Waals surface area contributed by atoms with E-state index in [9.17, 15) is 0 Å². The molecule has 0 fully saturated rings. The molecule has 0 bridgehead atoms. The third-order valence-electron chi connectivity index (χ3n) is 4.85. The number of nitrogens with one attached hydrogen (secondary N) is 1. The lowest BCUT2D eigenvalue weighted by Gasteiger charge is -2.22. The van der Waals surface area contributed by atoms with Crippen LogP contribution in [-0.2, 0) is 13.0 Å². The lowest BCUT2D eigenvalue weighted by Crippen LogP contribution is -2.29. The largest absolute Gasteiger partial charge is 0.372 e. The van der Waals surface area contributed by atoms with E-state index < -0.39 is 0 Å². The number of hydrogen-bond donors (Lipinski definition) is 1. The summed E-state index contributed by atoms with van der Waals surface area (Å²) in [7, 11) is 0. The molecule has 1 aromatic heterocycles. The fourth-order valence-electron chi connectivity index (χ4n) is 4.00. The maximum absolute atomic E-state index is 4.64. The third-order valence-corrected chi connectivity index (χ3v) is 4.85. The summed E-state index contributed by atoms with van der Waals surface area (Å²) in [5.41, 5.74) is 3.27. The van der Waals surface area contributed by atoms with Gasteiger partial charge in [0.05, 0.1) is 6.54 Å². The van der Waals surface area contributed by atoms with Gasteiger partial charge in [-0.3, -0.25) is 4.99 Å². The van der Waals surface area contributed by atoms with Gasteiger partial charge in [-0.1, -0.05) is 0 Å². The third kappa shape index (κ3) is 1.60. The smallest absolute Gasteiger partial charge is 0.101 e. The molecule has 4 rings (SSSR count). The van der Waals surface area contributed by atoms with Crippen LogP contribution in [0.5, 0.6) is 0 Å². The van der Waals surface area contributed by atoms with Crippen LogP contribution in [-0.4, -0.2) is 23.5 Å². The van der Waals surface area contributed by atoms with Gasteiger partial charge < -0.3 is 9.88 Å². The SMILES string of the molecule is c1cn2c3c1CCCC3CCC(C1=NCCN1)C2. The van der Waals surface area contributed by atoms with Crippen molar-refractivity contribution in [1.82, 2.24) is 9.88 Å². The van der Waals surface area contributed by atoms with E-state index >= 15 is 0 Å². The van der Waals surface area contributed by atoms with Gasteiger partial charge in [0.1, 0.15) is 5.84 Å². The first kappa shape index (κ1) is 10.7. The van der Waals surface area contributed by atoms with E-state index in [0.29, 0.717) is 5.92 Å². The second kappa shape index (κ2) is 4.15. The van der Waals surface area contributed by atoms with Gasteiger partial charge in [0.25, 0.3) is 0 Å². The number of amidine groups is 1. The van der Waals surface area contributed by atoms with Crippen LogP contribution in [0.1, 0.15) is 42.9 Å². The Balaban J connectivity index is 1.67. The number of hydrogen-bond acceptors (Lipinski definition) is 2. The van der Waals surface area contributed by atoms with E-state index in [2.05, 4.69) is 27.1 Å². The van der Waals surface area contributed by atoms with Crippen LogP contribution in [0.3, 0.4) is 0 Å². The van der Waals surface area contributed by atoms with Crippen molar-refractivity contribution < 1.29 is 0 Å². The minimum absolute atomic E-state index is 0.620. The second-order valence-electron chi connectivity index (χ2n) is 5.94. The maximum atomic E-state index is 4.64. The summed E-state index contributed by atoms with van der Waals surface area (Å²) in [6.07, 6.45) is 9.04. The zero-order valence-corrected chi connectivity index (χ0v) is 10.9. The van der Waals surface area contributed by atoms with Crippen LogP contribution in [0.2, 0.25) is 0 Å². The highest BCUT2D eigenvalue weighted by molar-refractivity contribution is 5.85. The summed E-state index contributed by atoms with van der Waals surface area (Å²) < 4.78 is 2.53. The Morgan fingerprint density at radius 1 is 1.22 bits per heavy atom. The highest BCUT2D eigenvalue weighted by Crippen LogP contribution is 2.39. The molecule has 1 aromatic rings. The molecule has 0 radical (unpaired) electrons. The molecule has 2 unspecified atom stereocenters. The van der Waals surface area contributed by atoms with E-state index in [1.807, 2.05) is 0 Å². The zero-order valence-electron chi connectivity index (χ0n) is 10.9. The molecule has 3 aliphatic rings. The average molecular weight is 243 g/mol. The molecule has 2 aliphatic heterocycles. The molecule has 1 N–H and O–H groups in total. The molecule has 2 atom stereocenters. The molecule has 3 nitrogen and oxygen atoms in total. The van der Waals surface area contributed by atoms with Crippen LogP contribution >= 0.6 is 0 Å². The minimum atomic E-state index is 0.620. The molecule has 3 heterocycles. The molecule has 0 saturated carbocycles. The van der Waals surface area contributed by atoms with Gasteiger partial charge in [-0.25, -0.2) is 0 Å². The van der Waals surface area contributed by atoms with Crippen molar-refractivity contribution >= 4 is 5.84 Å². The summed E-state index contributed by atoms with van der Waals surface area (Å²) in [6, 6.07) is 2.35. The summed E-state index contributed by atoms with van der Waals surface area (Å²) in [6.45, 7) is 3.15. The second-order valence-corrected chi connectivity index (χ2v) is 5.94.